The maximum atomic E-state index is 13.1. The van der Waals surface area contributed by atoms with E-state index in [4.69, 9.17) is 0 Å². The summed E-state index contributed by atoms with van der Waals surface area (Å²) in [6, 6.07) is 16.3. The molecule has 2 N–H and O–H groups in total. The van der Waals surface area contributed by atoms with E-state index in [1.165, 1.54) is 22.8 Å². The molecule has 8 nitrogen and oxygen atoms in total. The van der Waals surface area contributed by atoms with Gasteiger partial charge in [0.25, 0.3) is 0 Å². The van der Waals surface area contributed by atoms with Crippen molar-refractivity contribution in [3.05, 3.63) is 72.7 Å². The molecule has 2 heterocycles. The average Bonchev–Trinajstić information content (AvgIpc) is 3.20. The van der Waals surface area contributed by atoms with Crippen LogP contribution < -0.4 is 0 Å². The lowest BCUT2D eigenvalue weighted by Gasteiger charge is -2.36. The molecular weight excluding hydrogens is 406 g/mol. The van der Waals surface area contributed by atoms with Gasteiger partial charge in [0.05, 0.1) is 29.1 Å². The Labute approximate surface area is 174 Å². The fourth-order valence-corrected chi connectivity index (χ4v) is 5.27. The van der Waals surface area contributed by atoms with E-state index in [-0.39, 0.29) is 30.1 Å². The van der Waals surface area contributed by atoms with Crippen LogP contribution in [0, 0.1) is 0 Å². The van der Waals surface area contributed by atoms with Crippen LogP contribution in [0.5, 0.6) is 0 Å². The molecule has 0 radical (unpaired) electrons. The monoisotopic (exact) mass is 427 g/mol. The van der Waals surface area contributed by atoms with Crippen LogP contribution in [0.25, 0.3) is 11.3 Å². The van der Waals surface area contributed by atoms with E-state index in [1.54, 1.807) is 47.0 Å². The van der Waals surface area contributed by atoms with Crippen molar-refractivity contribution in [2.45, 2.75) is 23.5 Å². The molecule has 0 saturated carbocycles. The van der Waals surface area contributed by atoms with Gasteiger partial charge in [0, 0.05) is 18.7 Å². The van der Waals surface area contributed by atoms with Gasteiger partial charge in [0.15, 0.2) is 5.69 Å². The van der Waals surface area contributed by atoms with Crippen LogP contribution in [0.2, 0.25) is 0 Å². The number of piperidine rings is 1. The summed E-state index contributed by atoms with van der Waals surface area (Å²) >= 11 is 0. The number of imidazole rings is 1. The lowest BCUT2D eigenvalue weighted by molar-refractivity contribution is 0.0598. The Morgan fingerprint density at radius 3 is 2.30 bits per heavy atom. The zero-order valence-electron chi connectivity index (χ0n) is 16.0. The summed E-state index contributed by atoms with van der Waals surface area (Å²) in [6.45, 7) is 0.184. The number of nitrogens with zero attached hydrogens (tertiary/aromatic N) is 3. The summed E-state index contributed by atoms with van der Waals surface area (Å²) in [5.74, 6) is -1.19. The first kappa shape index (κ1) is 20.3. The second-order valence-corrected chi connectivity index (χ2v) is 9.06. The van der Waals surface area contributed by atoms with Gasteiger partial charge < -0.3 is 14.8 Å². The zero-order chi connectivity index (χ0) is 21.3. The number of carbonyl (C=O) groups is 1. The maximum Gasteiger partial charge on any atom is 0.356 e. The van der Waals surface area contributed by atoms with Gasteiger partial charge in [0.1, 0.15) is 0 Å². The smallest absolute Gasteiger partial charge is 0.356 e. The van der Waals surface area contributed by atoms with Crippen molar-refractivity contribution in [2.24, 2.45) is 0 Å². The molecule has 2 atom stereocenters. The zero-order valence-corrected chi connectivity index (χ0v) is 16.8. The van der Waals surface area contributed by atoms with E-state index in [1.807, 2.05) is 6.07 Å². The van der Waals surface area contributed by atoms with Gasteiger partial charge in [-0.2, -0.15) is 4.31 Å². The molecule has 4 rings (SSSR count). The third-order valence-electron chi connectivity index (χ3n) is 5.29. The van der Waals surface area contributed by atoms with Gasteiger partial charge in [0.2, 0.25) is 10.0 Å². The quantitative estimate of drug-likeness (QED) is 0.646. The van der Waals surface area contributed by atoms with Crippen molar-refractivity contribution in [1.29, 1.82) is 0 Å². The van der Waals surface area contributed by atoms with Gasteiger partial charge in [-0.05, 0) is 18.6 Å². The van der Waals surface area contributed by atoms with Crippen LogP contribution >= 0.6 is 0 Å². The third-order valence-corrected chi connectivity index (χ3v) is 7.17. The Hall–Kier alpha value is -3.01. The fourth-order valence-electron chi connectivity index (χ4n) is 3.77. The molecule has 3 aromatic rings. The van der Waals surface area contributed by atoms with E-state index in [2.05, 4.69) is 4.98 Å². The van der Waals surface area contributed by atoms with Crippen LogP contribution in [-0.2, 0) is 10.0 Å². The SMILES string of the molecule is O=C(O)c1ncn(C2CN(S(=O)(=O)c3ccccc3)CC[C@@H]2O)c1-c1ccccc1. The molecule has 30 heavy (non-hydrogen) atoms. The van der Waals surface area contributed by atoms with Crippen molar-refractivity contribution in [3.63, 3.8) is 0 Å². The third kappa shape index (κ3) is 3.62. The van der Waals surface area contributed by atoms with Gasteiger partial charge in [-0.3, -0.25) is 0 Å². The van der Waals surface area contributed by atoms with Gasteiger partial charge in [-0.25, -0.2) is 18.2 Å². The molecule has 1 aliphatic rings. The van der Waals surface area contributed by atoms with Crippen LogP contribution in [-0.4, -0.2) is 57.6 Å². The molecule has 156 valence electrons. The van der Waals surface area contributed by atoms with Crippen molar-refractivity contribution in [1.82, 2.24) is 13.9 Å². The minimum absolute atomic E-state index is 0.00759. The second-order valence-electron chi connectivity index (χ2n) is 7.12. The minimum atomic E-state index is -3.74. The molecule has 2 aromatic carbocycles. The number of rotatable bonds is 5. The highest BCUT2D eigenvalue weighted by atomic mass is 32.2. The highest BCUT2D eigenvalue weighted by molar-refractivity contribution is 7.89. The van der Waals surface area contributed by atoms with E-state index in [0.717, 1.165) is 0 Å². The first-order valence-electron chi connectivity index (χ1n) is 9.48. The number of aromatic carboxylic acids is 1. The molecule has 0 bridgehead atoms. The summed E-state index contributed by atoms with van der Waals surface area (Å²) in [5.41, 5.74) is 0.824. The number of hydrogen-bond acceptors (Lipinski definition) is 5. The predicted octanol–water partition coefficient (Wildman–Crippen LogP) is 2.24. The number of aliphatic hydroxyl groups is 1. The number of benzene rings is 2. The summed E-state index contributed by atoms with van der Waals surface area (Å²) < 4.78 is 29.0. The van der Waals surface area contributed by atoms with E-state index >= 15 is 0 Å². The molecule has 9 heteroatoms. The molecule has 1 saturated heterocycles. The molecular formula is C21H21N3O5S. The van der Waals surface area contributed by atoms with Crippen molar-refractivity contribution >= 4 is 16.0 Å². The first-order valence-corrected chi connectivity index (χ1v) is 10.9. The Bertz CT molecular complexity index is 1150. The lowest BCUT2D eigenvalue weighted by atomic mass is 10.0. The van der Waals surface area contributed by atoms with E-state index < -0.39 is 28.1 Å². The van der Waals surface area contributed by atoms with E-state index in [0.29, 0.717) is 11.3 Å². The van der Waals surface area contributed by atoms with Crippen molar-refractivity contribution < 1.29 is 23.4 Å². The van der Waals surface area contributed by atoms with Crippen molar-refractivity contribution in [2.75, 3.05) is 13.1 Å². The largest absolute Gasteiger partial charge is 0.476 e. The summed E-state index contributed by atoms with van der Waals surface area (Å²) in [5, 5.41) is 20.3. The Morgan fingerprint density at radius 1 is 1.03 bits per heavy atom. The number of aromatic nitrogens is 2. The number of hydrogen-bond donors (Lipinski definition) is 2. The number of carboxylic acid groups (broad SMARTS) is 1. The molecule has 1 fully saturated rings. The van der Waals surface area contributed by atoms with Gasteiger partial charge in [-0.1, -0.05) is 48.5 Å². The number of sulfonamides is 1. The molecule has 1 aliphatic heterocycles. The molecule has 1 aromatic heterocycles. The summed E-state index contributed by atoms with van der Waals surface area (Å²) in [4.78, 5) is 15.9. The minimum Gasteiger partial charge on any atom is -0.476 e. The van der Waals surface area contributed by atoms with Crippen molar-refractivity contribution in [3.8, 4) is 11.3 Å². The van der Waals surface area contributed by atoms with Gasteiger partial charge >= 0.3 is 5.97 Å². The average molecular weight is 427 g/mol. The Kier molecular flexibility index (Phi) is 5.42. The highest BCUT2D eigenvalue weighted by Crippen LogP contribution is 2.32. The van der Waals surface area contributed by atoms with E-state index in [9.17, 15) is 23.4 Å². The molecule has 0 aliphatic carbocycles. The van der Waals surface area contributed by atoms with Gasteiger partial charge in [-0.15, -0.1) is 0 Å². The first-order chi connectivity index (χ1) is 14.4. The normalized spacial score (nSPS) is 20.2. The molecule has 1 unspecified atom stereocenters. The fraction of sp³-hybridized carbons (Fsp3) is 0.238. The van der Waals surface area contributed by atoms with Crippen LogP contribution in [0.1, 0.15) is 23.0 Å². The number of aliphatic hydroxyl groups excluding tert-OH is 1. The number of carboxylic acids is 1. The predicted molar refractivity (Wildman–Crippen MR) is 109 cm³/mol. The maximum absolute atomic E-state index is 13.1. The standard InChI is InChI=1S/C21H21N3O5S/c25-18-11-12-23(30(28,29)16-9-5-2-6-10-16)13-17(18)24-14-22-19(21(26)27)20(24)15-7-3-1-4-8-15/h1-10,14,17-18,25H,11-13H2,(H,26,27)/t17?,18-/m0/s1. The topological polar surface area (TPSA) is 113 Å². The van der Waals surface area contributed by atoms with Crippen LogP contribution in [0.4, 0.5) is 0 Å². The highest BCUT2D eigenvalue weighted by Gasteiger charge is 2.37. The summed E-state index contributed by atoms with van der Waals surface area (Å²) in [7, 11) is -3.74. The van der Waals surface area contributed by atoms with Crippen LogP contribution in [0.15, 0.2) is 71.9 Å². The molecule has 0 spiro atoms. The second kappa shape index (κ2) is 8.02. The Morgan fingerprint density at radius 2 is 1.67 bits per heavy atom. The molecule has 0 amide bonds. The Balaban J connectivity index is 1.74. The summed E-state index contributed by atoms with van der Waals surface area (Å²) in [6.07, 6.45) is 0.745. The lowest BCUT2D eigenvalue weighted by Crippen LogP contribution is -2.46. The van der Waals surface area contributed by atoms with Crippen LogP contribution in [0.3, 0.4) is 0 Å².